The zero-order valence-corrected chi connectivity index (χ0v) is 12.5. The van der Waals surface area contributed by atoms with E-state index in [4.69, 9.17) is 0 Å². The molecule has 1 aromatic carbocycles. The van der Waals surface area contributed by atoms with Gasteiger partial charge in [0.2, 0.25) is 0 Å². The molecule has 0 aliphatic rings. The van der Waals surface area contributed by atoms with Gasteiger partial charge in [0.1, 0.15) is 5.82 Å². The van der Waals surface area contributed by atoms with Crippen molar-refractivity contribution in [2.24, 2.45) is 0 Å². The summed E-state index contributed by atoms with van der Waals surface area (Å²) in [7, 11) is 0. The van der Waals surface area contributed by atoms with Crippen LogP contribution in [0.15, 0.2) is 30.4 Å². The van der Waals surface area contributed by atoms with Gasteiger partial charge in [-0.2, -0.15) is 0 Å². The van der Waals surface area contributed by atoms with Crippen LogP contribution in [-0.2, 0) is 0 Å². The first-order valence-electron chi connectivity index (χ1n) is 6.91. The van der Waals surface area contributed by atoms with Crippen LogP contribution in [0.5, 0.6) is 0 Å². The molecule has 1 rings (SSSR count). The first-order chi connectivity index (χ1) is 8.99. The predicted octanol–water partition coefficient (Wildman–Crippen LogP) is 3.90. The minimum atomic E-state index is -0.162. The van der Waals surface area contributed by atoms with Crippen molar-refractivity contribution in [3.8, 4) is 0 Å². The summed E-state index contributed by atoms with van der Waals surface area (Å²) in [6, 6.07) is 5.66. The van der Waals surface area contributed by atoms with Gasteiger partial charge in [-0.15, -0.1) is 0 Å². The van der Waals surface area contributed by atoms with E-state index in [1.54, 1.807) is 6.07 Å². The maximum atomic E-state index is 14.2. The molecule has 1 unspecified atom stereocenters. The van der Waals surface area contributed by atoms with Crippen molar-refractivity contribution in [2.45, 2.75) is 33.7 Å². The van der Waals surface area contributed by atoms with E-state index < -0.39 is 0 Å². The molecule has 0 saturated carbocycles. The van der Waals surface area contributed by atoms with Crippen molar-refractivity contribution < 1.29 is 4.39 Å². The predicted molar refractivity (Wildman–Crippen MR) is 81.2 cm³/mol. The van der Waals surface area contributed by atoms with Gasteiger partial charge in [-0.05, 0) is 45.0 Å². The molecule has 0 spiro atoms. The third-order valence-electron chi connectivity index (χ3n) is 3.17. The van der Waals surface area contributed by atoms with Crippen LogP contribution in [0.3, 0.4) is 0 Å². The highest BCUT2D eigenvalue weighted by molar-refractivity contribution is 5.50. The second-order valence-electron chi connectivity index (χ2n) is 4.96. The topological polar surface area (TPSA) is 15.3 Å². The van der Waals surface area contributed by atoms with Crippen LogP contribution in [0, 0.1) is 5.82 Å². The van der Waals surface area contributed by atoms with Crippen LogP contribution >= 0.6 is 0 Å². The van der Waals surface area contributed by atoms with Crippen molar-refractivity contribution in [1.29, 1.82) is 0 Å². The van der Waals surface area contributed by atoms with Crippen molar-refractivity contribution in [1.82, 2.24) is 5.32 Å². The highest BCUT2D eigenvalue weighted by Crippen LogP contribution is 2.24. The molecule has 0 saturated heterocycles. The fraction of sp³-hybridized carbons (Fsp3) is 0.500. The summed E-state index contributed by atoms with van der Waals surface area (Å²) in [6.45, 7) is 14.3. The lowest BCUT2D eigenvalue weighted by atomic mass is 10.1. The Labute approximate surface area is 116 Å². The van der Waals surface area contributed by atoms with Crippen LogP contribution < -0.4 is 10.2 Å². The largest absolute Gasteiger partial charge is 0.365 e. The van der Waals surface area contributed by atoms with Crippen LogP contribution in [0.4, 0.5) is 10.1 Å². The molecular weight excluding hydrogens is 239 g/mol. The molecule has 1 atom stereocenters. The fourth-order valence-corrected chi connectivity index (χ4v) is 2.17. The average molecular weight is 264 g/mol. The maximum Gasteiger partial charge on any atom is 0.146 e. The van der Waals surface area contributed by atoms with Crippen molar-refractivity contribution in [3.63, 3.8) is 0 Å². The number of hydrogen-bond donors (Lipinski definition) is 1. The summed E-state index contributed by atoms with van der Waals surface area (Å²) in [5.41, 5.74) is 2.67. The lowest BCUT2D eigenvalue weighted by Crippen LogP contribution is -2.25. The summed E-state index contributed by atoms with van der Waals surface area (Å²) in [6.07, 6.45) is 0. The summed E-state index contributed by atoms with van der Waals surface area (Å²) in [4.78, 5) is 2.00. The molecule has 0 fully saturated rings. The van der Waals surface area contributed by atoms with Gasteiger partial charge in [-0.3, -0.25) is 0 Å². The number of nitrogens with zero attached hydrogens (tertiary/aromatic N) is 1. The molecule has 0 amide bonds. The number of anilines is 1. The average Bonchev–Trinajstić information content (AvgIpc) is 2.36. The van der Waals surface area contributed by atoms with Gasteiger partial charge >= 0.3 is 0 Å². The zero-order chi connectivity index (χ0) is 14.4. The number of nitrogens with one attached hydrogen (secondary N) is 1. The third-order valence-corrected chi connectivity index (χ3v) is 3.17. The van der Waals surface area contributed by atoms with Crippen molar-refractivity contribution in [3.05, 3.63) is 41.7 Å². The minimum Gasteiger partial charge on any atom is -0.365 e. The molecular formula is C16H25FN2. The Kier molecular flexibility index (Phi) is 6.03. The third kappa shape index (κ3) is 4.35. The monoisotopic (exact) mass is 264 g/mol. The summed E-state index contributed by atoms with van der Waals surface area (Å²) >= 11 is 0. The highest BCUT2D eigenvalue weighted by Gasteiger charge is 2.12. The lowest BCUT2D eigenvalue weighted by Gasteiger charge is -2.24. The molecule has 106 valence electrons. The SMILES string of the molecule is C=C(C)CN(CC)c1ccc(C(C)NCC)cc1F. The number of rotatable bonds is 7. The number of hydrogen-bond acceptors (Lipinski definition) is 2. The standard InChI is InChI=1S/C16H25FN2/c1-6-18-13(5)14-8-9-16(15(17)10-14)19(7-2)11-12(3)4/h8-10,13,18H,3,6-7,11H2,1-2,4-5H3. The van der Waals surface area contributed by atoms with Crippen LogP contribution in [0.25, 0.3) is 0 Å². The Balaban J connectivity index is 2.95. The second-order valence-corrected chi connectivity index (χ2v) is 4.96. The smallest absolute Gasteiger partial charge is 0.146 e. The molecule has 0 heterocycles. The number of benzene rings is 1. The van der Waals surface area contributed by atoms with Gasteiger partial charge < -0.3 is 10.2 Å². The molecule has 0 aliphatic heterocycles. The van der Waals surface area contributed by atoms with E-state index >= 15 is 0 Å². The van der Waals surface area contributed by atoms with E-state index in [1.165, 1.54) is 0 Å². The Hall–Kier alpha value is -1.35. The van der Waals surface area contributed by atoms with E-state index in [1.807, 2.05) is 44.7 Å². The quantitative estimate of drug-likeness (QED) is 0.751. The molecule has 0 radical (unpaired) electrons. The summed E-state index contributed by atoms with van der Waals surface area (Å²) in [5, 5.41) is 3.29. The highest BCUT2D eigenvalue weighted by atomic mass is 19.1. The van der Waals surface area contributed by atoms with E-state index in [-0.39, 0.29) is 11.9 Å². The molecule has 3 heteroatoms. The van der Waals surface area contributed by atoms with Gasteiger partial charge in [-0.1, -0.05) is 25.1 Å². The van der Waals surface area contributed by atoms with Crippen molar-refractivity contribution >= 4 is 5.69 Å². The van der Waals surface area contributed by atoms with Gasteiger partial charge in [-0.25, -0.2) is 4.39 Å². The van der Waals surface area contributed by atoms with Crippen LogP contribution in [0.2, 0.25) is 0 Å². The maximum absolute atomic E-state index is 14.2. The lowest BCUT2D eigenvalue weighted by molar-refractivity contribution is 0.581. The minimum absolute atomic E-state index is 0.162. The Morgan fingerprint density at radius 3 is 2.58 bits per heavy atom. The van der Waals surface area contributed by atoms with Gasteiger partial charge in [0.25, 0.3) is 0 Å². The Morgan fingerprint density at radius 1 is 1.42 bits per heavy atom. The molecule has 0 aromatic heterocycles. The number of likely N-dealkylation sites (N-methyl/N-ethyl adjacent to an activating group) is 1. The molecule has 1 aromatic rings. The van der Waals surface area contributed by atoms with Crippen molar-refractivity contribution in [2.75, 3.05) is 24.5 Å². The number of halogens is 1. The van der Waals surface area contributed by atoms with Gasteiger partial charge in [0.05, 0.1) is 5.69 Å². The summed E-state index contributed by atoms with van der Waals surface area (Å²) in [5.74, 6) is -0.162. The molecule has 2 nitrogen and oxygen atoms in total. The normalized spacial score (nSPS) is 12.3. The molecule has 0 aliphatic carbocycles. The van der Waals surface area contributed by atoms with Gasteiger partial charge in [0.15, 0.2) is 0 Å². The Bertz CT molecular complexity index is 429. The molecule has 1 N–H and O–H groups in total. The Morgan fingerprint density at radius 2 is 2.11 bits per heavy atom. The first-order valence-corrected chi connectivity index (χ1v) is 6.91. The van der Waals surface area contributed by atoms with E-state index in [9.17, 15) is 4.39 Å². The van der Waals surface area contributed by atoms with E-state index in [0.29, 0.717) is 12.2 Å². The summed E-state index contributed by atoms with van der Waals surface area (Å²) < 4.78 is 14.2. The fourth-order valence-electron chi connectivity index (χ4n) is 2.17. The van der Waals surface area contributed by atoms with Gasteiger partial charge in [0, 0.05) is 19.1 Å². The first kappa shape index (κ1) is 15.7. The molecule has 19 heavy (non-hydrogen) atoms. The van der Waals surface area contributed by atoms with Crippen LogP contribution in [-0.4, -0.2) is 19.6 Å². The zero-order valence-electron chi connectivity index (χ0n) is 12.5. The van der Waals surface area contributed by atoms with E-state index in [0.717, 1.165) is 24.2 Å². The second kappa shape index (κ2) is 7.29. The molecule has 0 bridgehead atoms. The van der Waals surface area contributed by atoms with Crippen LogP contribution in [0.1, 0.15) is 39.3 Å². The van der Waals surface area contributed by atoms with E-state index in [2.05, 4.69) is 11.9 Å².